The van der Waals surface area contributed by atoms with Gasteiger partial charge in [0.2, 0.25) is 0 Å². The van der Waals surface area contributed by atoms with Crippen LogP contribution >= 0.6 is 23.2 Å². The van der Waals surface area contributed by atoms with E-state index in [0.29, 0.717) is 5.56 Å². The van der Waals surface area contributed by atoms with Gasteiger partial charge in [-0.1, -0.05) is 42.3 Å². The molecule has 0 heterocycles. The van der Waals surface area contributed by atoms with Gasteiger partial charge in [-0.15, -0.1) is 0 Å². The second-order valence-electron chi connectivity index (χ2n) is 3.57. The topological polar surface area (TPSA) is 12.0 Å². The van der Waals surface area contributed by atoms with Gasteiger partial charge < -0.3 is 5.32 Å². The van der Waals surface area contributed by atoms with Crippen LogP contribution in [-0.4, -0.2) is 18.8 Å². The Hall–Kier alpha value is -0.450. The fraction of sp³-hybridized carbons (Fsp3) is 0.455. The van der Waals surface area contributed by atoms with E-state index in [-0.39, 0.29) is 23.0 Å². The largest absolute Gasteiger partial charge is 0.404 e. The van der Waals surface area contributed by atoms with E-state index in [1.165, 1.54) is 0 Å². The number of nitrogens with one attached hydrogen (secondary N) is 1. The molecule has 0 spiro atoms. The zero-order chi connectivity index (χ0) is 13.1. The van der Waals surface area contributed by atoms with Crippen LogP contribution in [0.4, 0.5) is 13.2 Å². The molecule has 0 bridgehead atoms. The summed E-state index contributed by atoms with van der Waals surface area (Å²) in [5, 5.41) is 2.84. The quantitative estimate of drug-likeness (QED) is 0.879. The van der Waals surface area contributed by atoms with Gasteiger partial charge in [-0.2, -0.15) is 13.2 Å². The summed E-state index contributed by atoms with van der Waals surface area (Å²) < 4.78 is 38.1. The fourth-order valence-corrected chi connectivity index (χ4v) is 1.87. The first-order valence-electron chi connectivity index (χ1n) is 5.09. The zero-order valence-corrected chi connectivity index (χ0v) is 10.6. The van der Waals surface area contributed by atoms with Crippen molar-refractivity contribution >= 4 is 23.2 Å². The summed E-state index contributed by atoms with van der Waals surface area (Å²) in [7, 11) is 0. The maximum atomic E-state index is 12.7. The summed E-state index contributed by atoms with van der Waals surface area (Å²) in [6, 6.07) is 3.07. The molecule has 0 aliphatic carbocycles. The highest BCUT2D eigenvalue weighted by Crippen LogP contribution is 2.29. The first-order chi connectivity index (χ1) is 7.86. The molecule has 6 heteroatoms. The fourth-order valence-electron chi connectivity index (χ4n) is 1.48. The van der Waals surface area contributed by atoms with Gasteiger partial charge >= 0.3 is 6.18 Å². The molecule has 17 heavy (non-hydrogen) atoms. The van der Waals surface area contributed by atoms with Crippen LogP contribution in [-0.2, 0) is 6.42 Å². The molecule has 1 nitrogen and oxygen atoms in total. The number of halogens is 5. The molecule has 96 valence electrons. The Bertz CT molecular complexity index is 379. The highest BCUT2D eigenvalue weighted by atomic mass is 35.5. The van der Waals surface area contributed by atoms with Crippen molar-refractivity contribution in [2.24, 2.45) is 0 Å². The minimum absolute atomic E-state index is 0.182. The third-order valence-corrected chi connectivity index (χ3v) is 3.16. The first-order valence-corrected chi connectivity index (χ1v) is 5.84. The van der Waals surface area contributed by atoms with Crippen molar-refractivity contribution in [3.8, 4) is 0 Å². The van der Waals surface area contributed by atoms with E-state index in [4.69, 9.17) is 23.2 Å². The molecule has 1 aromatic carbocycles. The number of hydrogen-bond donors (Lipinski definition) is 1. The van der Waals surface area contributed by atoms with Gasteiger partial charge in [0.05, 0.1) is 10.0 Å². The maximum absolute atomic E-state index is 12.7. The molecule has 0 aliphatic rings. The number of hydrogen-bond acceptors (Lipinski definition) is 1. The Labute approximate surface area is 108 Å². The summed E-state index contributed by atoms with van der Waals surface area (Å²) in [6.07, 6.45) is -4.53. The summed E-state index contributed by atoms with van der Waals surface area (Å²) in [5.74, 6) is 0. The van der Waals surface area contributed by atoms with Gasteiger partial charge in [0.1, 0.15) is 6.04 Å². The van der Waals surface area contributed by atoms with Gasteiger partial charge in [-0.25, -0.2) is 0 Å². The highest BCUT2D eigenvalue weighted by molar-refractivity contribution is 6.42. The number of alkyl halides is 3. The molecule has 0 aliphatic heterocycles. The molecule has 0 radical (unpaired) electrons. The molecule has 1 rings (SSSR count). The molecule has 0 saturated heterocycles. The molecule has 1 N–H and O–H groups in total. The van der Waals surface area contributed by atoms with Gasteiger partial charge in [-0.05, 0) is 24.6 Å². The number of benzene rings is 1. The monoisotopic (exact) mass is 285 g/mol. The average Bonchev–Trinajstić information content (AvgIpc) is 2.22. The average molecular weight is 286 g/mol. The standard InChI is InChI=1S/C11H12Cl2F3N/c1-2-17-9(11(14,15)16)6-7-4-3-5-8(12)10(7)13/h3-5,9,17H,2,6H2,1H3. The lowest BCUT2D eigenvalue weighted by Crippen LogP contribution is -2.43. The Morgan fingerprint density at radius 3 is 2.47 bits per heavy atom. The van der Waals surface area contributed by atoms with Crippen LogP contribution in [0.2, 0.25) is 10.0 Å². The lowest BCUT2D eigenvalue weighted by molar-refractivity contribution is -0.155. The van der Waals surface area contributed by atoms with Crippen molar-refractivity contribution < 1.29 is 13.2 Å². The molecular weight excluding hydrogens is 274 g/mol. The Morgan fingerprint density at radius 1 is 1.29 bits per heavy atom. The van der Waals surface area contributed by atoms with E-state index in [9.17, 15) is 13.2 Å². The van der Waals surface area contributed by atoms with Crippen LogP contribution in [0.1, 0.15) is 12.5 Å². The van der Waals surface area contributed by atoms with Crippen LogP contribution in [0.15, 0.2) is 18.2 Å². The van der Waals surface area contributed by atoms with E-state index >= 15 is 0 Å². The lowest BCUT2D eigenvalue weighted by Gasteiger charge is -2.21. The molecular formula is C11H12Cl2F3N. The zero-order valence-electron chi connectivity index (χ0n) is 9.11. The third kappa shape index (κ3) is 4.05. The van der Waals surface area contributed by atoms with Gasteiger partial charge in [0, 0.05) is 0 Å². The number of rotatable bonds is 4. The van der Waals surface area contributed by atoms with Gasteiger partial charge in [0.15, 0.2) is 0 Å². The van der Waals surface area contributed by atoms with Crippen LogP contribution in [0.25, 0.3) is 0 Å². The van der Waals surface area contributed by atoms with Crippen molar-refractivity contribution in [3.63, 3.8) is 0 Å². The van der Waals surface area contributed by atoms with Crippen molar-refractivity contribution in [1.29, 1.82) is 0 Å². The maximum Gasteiger partial charge on any atom is 0.404 e. The molecule has 0 amide bonds. The van der Waals surface area contributed by atoms with Crippen molar-refractivity contribution in [1.82, 2.24) is 5.32 Å². The SMILES string of the molecule is CCNC(Cc1cccc(Cl)c1Cl)C(F)(F)F. The Morgan fingerprint density at radius 2 is 1.94 bits per heavy atom. The Balaban J connectivity index is 2.90. The third-order valence-electron chi connectivity index (χ3n) is 2.30. The van der Waals surface area contributed by atoms with E-state index < -0.39 is 12.2 Å². The van der Waals surface area contributed by atoms with Crippen LogP contribution < -0.4 is 5.32 Å². The molecule has 1 atom stereocenters. The smallest absolute Gasteiger partial charge is 0.306 e. The summed E-state index contributed by atoms with van der Waals surface area (Å²) in [6.45, 7) is 1.86. The van der Waals surface area contributed by atoms with E-state index in [1.54, 1.807) is 25.1 Å². The summed E-state index contributed by atoms with van der Waals surface area (Å²) in [5.41, 5.74) is 0.391. The molecule has 1 unspecified atom stereocenters. The van der Waals surface area contributed by atoms with Crippen LogP contribution in [0, 0.1) is 0 Å². The second kappa shape index (κ2) is 5.94. The summed E-state index contributed by atoms with van der Waals surface area (Å²) in [4.78, 5) is 0. The van der Waals surface area contributed by atoms with E-state index in [1.807, 2.05) is 0 Å². The predicted octanol–water partition coefficient (Wildman–Crippen LogP) is 4.08. The molecule has 0 fully saturated rings. The highest BCUT2D eigenvalue weighted by Gasteiger charge is 2.39. The van der Waals surface area contributed by atoms with Gasteiger partial charge in [-0.3, -0.25) is 0 Å². The summed E-state index contributed by atoms with van der Waals surface area (Å²) >= 11 is 11.6. The van der Waals surface area contributed by atoms with Crippen LogP contribution in [0.3, 0.4) is 0 Å². The molecule has 0 saturated carbocycles. The lowest BCUT2D eigenvalue weighted by atomic mass is 10.1. The molecule has 1 aromatic rings. The number of likely N-dealkylation sites (N-methyl/N-ethyl adjacent to an activating group) is 1. The van der Waals surface area contributed by atoms with Crippen LogP contribution in [0.5, 0.6) is 0 Å². The first kappa shape index (κ1) is 14.6. The Kier molecular flexibility index (Phi) is 5.10. The van der Waals surface area contributed by atoms with E-state index in [2.05, 4.69) is 5.32 Å². The minimum atomic E-state index is -4.30. The van der Waals surface area contributed by atoms with Crippen molar-refractivity contribution in [3.05, 3.63) is 33.8 Å². The van der Waals surface area contributed by atoms with E-state index in [0.717, 1.165) is 0 Å². The van der Waals surface area contributed by atoms with Crippen molar-refractivity contribution in [2.75, 3.05) is 6.54 Å². The predicted molar refractivity (Wildman–Crippen MR) is 63.7 cm³/mol. The van der Waals surface area contributed by atoms with Gasteiger partial charge in [0.25, 0.3) is 0 Å². The minimum Gasteiger partial charge on any atom is -0.306 e. The second-order valence-corrected chi connectivity index (χ2v) is 4.35. The normalized spacial score (nSPS) is 13.8. The molecule has 0 aromatic heterocycles. The van der Waals surface area contributed by atoms with Crippen molar-refractivity contribution in [2.45, 2.75) is 25.6 Å².